The van der Waals surface area contributed by atoms with Crippen LogP contribution >= 0.6 is 0 Å². The van der Waals surface area contributed by atoms with Crippen LogP contribution in [0.2, 0.25) is 0 Å². The molecule has 0 radical (unpaired) electrons. The van der Waals surface area contributed by atoms with Gasteiger partial charge in [0.1, 0.15) is 11.5 Å². The van der Waals surface area contributed by atoms with Crippen molar-refractivity contribution in [3.63, 3.8) is 0 Å². The average Bonchev–Trinajstić information content (AvgIpc) is 3.01. The van der Waals surface area contributed by atoms with Crippen molar-refractivity contribution in [1.82, 2.24) is 9.88 Å². The molecule has 1 unspecified atom stereocenters. The average molecular weight is 414 g/mol. The van der Waals surface area contributed by atoms with E-state index in [1.807, 2.05) is 26.0 Å². The number of ketones is 1. The predicted molar refractivity (Wildman–Crippen MR) is 116 cm³/mol. The molecule has 31 heavy (non-hydrogen) atoms. The first-order chi connectivity index (χ1) is 14.9. The lowest BCUT2D eigenvalue weighted by molar-refractivity contribution is -0.140. The number of amides is 1. The van der Waals surface area contributed by atoms with Crippen LogP contribution in [0.5, 0.6) is 5.75 Å². The molecule has 6 heteroatoms. The number of hydrogen-bond donors (Lipinski definition) is 2. The maximum Gasteiger partial charge on any atom is 0.295 e. The van der Waals surface area contributed by atoms with Crippen LogP contribution in [0.3, 0.4) is 0 Å². The van der Waals surface area contributed by atoms with Crippen molar-refractivity contribution in [2.75, 3.05) is 0 Å². The van der Waals surface area contributed by atoms with Crippen LogP contribution in [0.25, 0.3) is 5.76 Å². The van der Waals surface area contributed by atoms with Gasteiger partial charge in [0.25, 0.3) is 11.7 Å². The maximum absolute atomic E-state index is 13.1. The number of phenolic OH excluding ortho intramolecular Hbond substituents is 1. The number of aromatic hydroxyl groups is 1. The topological polar surface area (TPSA) is 90.7 Å². The van der Waals surface area contributed by atoms with Crippen LogP contribution in [0.4, 0.5) is 0 Å². The minimum absolute atomic E-state index is 0.0402. The Morgan fingerprint density at radius 2 is 1.68 bits per heavy atom. The number of pyridine rings is 1. The quantitative estimate of drug-likeness (QED) is 0.382. The number of likely N-dealkylation sites (tertiary alicyclic amines) is 1. The summed E-state index contributed by atoms with van der Waals surface area (Å²) in [7, 11) is 0. The van der Waals surface area contributed by atoms with E-state index >= 15 is 0 Å². The molecule has 2 heterocycles. The fourth-order valence-corrected chi connectivity index (χ4v) is 3.87. The number of aliphatic hydroxyl groups excluding tert-OH is 1. The number of aryl methyl sites for hydroxylation is 2. The van der Waals surface area contributed by atoms with Crippen LogP contribution in [-0.2, 0) is 16.1 Å². The molecular formula is C25H22N2O4. The highest BCUT2D eigenvalue weighted by molar-refractivity contribution is 6.46. The monoisotopic (exact) mass is 414 g/mol. The summed E-state index contributed by atoms with van der Waals surface area (Å²) in [4.78, 5) is 31.6. The lowest BCUT2D eigenvalue weighted by Crippen LogP contribution is -2.29. The second-order valence-corrected chi connectivity index (χ2v) is 7.69. The van der Waals surface area contributed by atoms with Gasteiger partial charge in [-0.05, 0) is 60.9 Å². The second-order valence-electron chi connectivity index (χ2n) is 7.69. The molecule has 1 aliphatic heterocycles. The standard InChI is InChI=1S/C25H22N2O4/c1-15-3-4-16(2)20(13-15)23(29)21-22(18-5-7-19(28)8-6-18)27(25(31)24(21)30)14-17-9-11-26-12-10-17/h3-13,22,28-29H,14H2,1-2H3/b23-21+. The molecule has 1 aromatic heterocycles. The summed E-state index contributed by atoms with van der Waals surface area (Å²) in [6.07, 6.45) is 3.25. The van der Waals surface area contributed by atoms with E-state index in [-0.39, 0.29) is 23.6 Å². The number of carbonyl (C=O) groups is 2. The van der Waals surface area contributed by atoms with E-state index in [0.717, 1.165) is 16.7 Å². The number of aliphatic hydroxyl groups is 1. The van der Waals surface area contributed by atoms with Gasteiger partial charge < -0.3 is 15.1 Å². The molecular weight excluding hydrogens is 392 g/mol. The zero-order valence-corrected chi connectivity index (χ0v) is 17.2. The molecule has 0 saturated carbocycles. The molecule has 2 aromatic carbocycles. The molecule has 1 amide bonds. The van der Waals surface area contributed by atoms with Crippen LogP contribution in [0, 0.1) is 13.8 Å². The highest BCUT2D eigenvalue weighted by Crippen LogP contribution is 2.41. The number of hydrogen-bond acceptors (Lipinski definition) is 5. The summed E-state index contributed by atoms with van der Waals surface area (Å²) in [5, 5.41) is 20.9. The summed E-state index contributed by atoms with van der Waals surface area (Å²) < 4.78 is 0. The van der Waals surface area contributed by atoms with Crippen molar-refractivity contribution in [2.45, 2.75) is 26.4 Å². The van der Waals surface area contributed by atoms with Crippen molar-refractivity contribution in [1.29, 1.82) is 0 Å². The smallest absolute Gasteiger partial charge is 0.295 e. The molecule has 2 N–H and O–H groups in total. The lowest BCUT2D eigenvalue weighted by Gasteiger charge is -2.25. The number of carbonyl (C=O) groups excluding carboxylic acids is 2. The fourth-order valence-electron chi connectivity index (χ4n) is 3.87. The van der Waals surface area contributed by atoms with E-state index in [2.05, 4.69) is 4.98 Å². The first-order valence-electron chi connectivity index (χ1n) is 9.90. The Morgan fingerprint density at radius 3 is 2.35 bits per heavy atom. The Morgan fingerprint density at radius 1 is 1.00 bits per heavy atom. The van der Waals surface area contributed by atoms with Gasteiger partial charge in [0.2, 0.25) is 0 Å². The molecule has 4 rings (SSSR count). The van der Waals surface area contributed by atoms with Crippen molar-refractivity contribution in [3.05, 3.63) is 100 Å². The molecule has 3 aromatic rings. The maximum atomic E-state index is 13.1. The molecule has 0 bridgehead atoms. The van der Waals surface area contributed by atoms with E-state index in [9.17, 15) is 19.8 Å². The molecule has 1 aliphatic rings. The third-order valence-electron chi connectivity index (χ3n) is 5.50. The number of Topliss-reactive ketones (excluding diaryl/α,β-unsaturated/α-hetero) is 1. The minimum atomic E-state index is -0.784. The van der Waals surface area contributed by atoms with E-state index in [4.69, 9.17) is 0 Å². The van der Waals surface area contributed by atoms with Gasteiger partial charge >= 0.3 is 0 Å². The lowest BCUT2D eigenvalue weighted by atomic mass is 9.93. The summed E-state index contributed by atoms with van der Waals surface area (Å²) in [5.74, 6) is -1.54. The van der Waals surface area contributed by atoms with Gasteiger partial charge in [-0.2, -0.15) is 0 Å². The fraction of sp³-hybridized carbons (Fsp3) is 0.160. The molecule has 1 fully saturated rings. The number of benzene rings is 2. The van der Waals surface area contributed by atoms with Gasteiger partial charge in [-0.15, -0.1) is 0 Å². The van der Waals surface area contributed by atoms with E-state index in [0.29, 0.717) is 11.1 Å². The van der Waals surface area contributed by atoms with Crippen LogP contribution < -0.4 is 0 Å². The Hall–Kier alpha value is -3.93. The first-order valence-corrected chi connectivity index (χ1v) is 9.90. The van der Waals surface area contributed by atoms with Crippen LogP contribution in [0.1, 0.15) is 33.9 Å². The molecule has 156 valence electrons. The van der Waals surface area contributed by atoms with E-state index in [1.165, 1.54) is 17.0 Å². The van der Waals surface area contributed by atoms with Gasteiger partial charge in [0.05, 0.1) is 11.6 Å². The van der Waals surface area contributed by atoms with Crippen LogP contribution in [-0.4, -0.2) is 31.8 Å². The van der Waals surface area contributed by atoms with E-state index < -0.39 is 17.7 Å². The zero-order chi connectivity index (χ0) is 22.1. The van der Waals surface area contributed by atoms with Gasteiger partial charge in [-0.3, -0.25) is 14.6 Å². The highest BCUT2D eigenvalue weighted by atomic mass is 16.3. The molecule has 1 atom stereocenters. The van der Waals surface area contributed by atoms with Crippen LogP contribution in [0.15, 0.2) is 72.6 Å². The molecule has 0 spiro atoms. The predicted octanol–water partition coefficient (Wildman–Crippen LogP) is 4.03. The SMILES string of the molecule is Cc1ccc(C)c(/C(O)=C2\C(=O)C(=O)N(Cc3ccncc3)C2c2ccc(O)cc2)c1. The van der Waals surface area contributed by atoms with Crippen molar-refractivity contribution < 1.29 is 19.8 Å². The normalized spacial score (nSPS) is 17.9. The summed E-state index contributed by atoms with van der Waals surface area (Å²) in [6, 6.07) is 14.7. The Bertz CT molecular complexity index is 1180. The van der Waals surface area contributed by atoms with Gasteiger partial charge in [0, 0.05) is 24.5 Å². The largest absolute Gasteiger partial charge is 0.508 e. The number of rotatable bonds is 4. The number of aromatic nitrogens is 1. The summed E-state index contributed by atoms with van der Waals surface area (Å²) in [5.41, 5.74) is 3.72. The van der Waals surface area contributed by atoms with E-state index in [1.54, 1.807) is 42.7 Å². The third kappa shape index (κ3) is 3.80. The van der Waals surface area contributed by atoms with Gasteiger partial charge in [-0.25, -0.2) is 0 Å². The second kappa shape index (κ2) is 8.07. The number of phenols is 1. The number of nitrogens with zero attached hydrogens (tertiary/aromatic N) is 2. The summed E-state index contributed by atoms with van der Waals surface area (Å²) >= 11 is 0. The molecule has 6 nitrogen and oxygen atoms in total. The molecule has 1 saturated heterocycles. The Balaban J connectivity index is 1.90. The summed E-state index contributed by atoms with van der Waals surface area (Å²) in [6.45, 7) is 3.93. The minimum Gasteiger partial charge on any atom is -0.508 e. The first kappa shape index (κ1) is 20.3. The van der Waals surface area contributed by atoms with Gasteiger partial charge in [0.15, 0.2) is 0 Å². The zero-order valence-electron chi connectivity index (χ0n) is 17.2. The highest BCUT2D eigenvalue weighted by Gasteiger charge is 2.46. The van der Waals surface area contributed by atoms with Gasteiger partial charge in [-0.1, -0.05) is 29.8 Å². The third-order valence-corrected chi connectivity index (χ3v) is 5.50. The van der Waals surface area contributed by atoms with Crippen molar-refractivity contribution >= 4 is 17.4 Å². The molecule has 0 aliphatic carbocycles. The Kier molecular flexibility index (Phi) is 5.29. The Labute approximate surface area is 180 Å². The van der Waals surface area contributed by atoms with Crippen molar-refractivity contribution in [3.8, 4) is 5.75 Å². The van der Waals surface area contributed by atoms with Crippen molar-refractivity contribution in [2.24, 2.45) is 0 Å².